The van der Waals surface area contributed by atoms with Crippen molar-refractivity contribution in [3.8, 4) is 0 Å². The molecule has 516 valence electrons. The van der Waals surface area contributed by atoms with E-state index in [2.05, 4.69) is 36.9 Å². The molecule has 5 rings (SSSR count). The highest BCUT2D eigenvalue weighted by Gasteiger charge is 2.45. The van der Waals surface area contributed by atoms with Gasteiger partial charge < -0.3 is 74.2 Å². The number of nitrogens with one attached hydrogen (secondary N) is 6. The van der Waals surface area contributed by atoms with Gasteiger partial charge in [0, 0.05) is 93.6 Å². The molecular formula is C64H92N12O16S2. The molecule has 0 saturated carbocycles. The number of carbonyl (C=O) groups excluding carboxylic acids is 11. The smallest absolute Gasteiger partial charge is 0.305 e. The first-order valence-electron chi connectivity index (χ1n) is 32.0. The minimum Gasteiger partial charge on any atom is -0.481 e. The molecule has 2 aromatic rings. The van der Waals surface area contributed by atoms with Crippen LogP contribution in [0.1, 0.15) is 140 Å². The second kappa shape index (κ2) is 39.6. The normalized spacial score (nSPS) is 22.3. The van der Waals surface area contributed by atoms with E-state index in [9.17, 15) is 77.6 Å². The van der Waals surface area contributed by atoms with Gasteiger partial charge in [-0.1, -0.05) is 74.4 Å². The third-order valence-electron chi connectivity index (χ3n) is 16.5. The number of ketones is 2. The van der Waals surface area contributed by atoms with Crippen LogP contribution >= 0.6 is 23.5 Å². The van der Waals surface area contributed by atoms with Crippen molar-refractivity contribution >= 4 is 106 Å². The van der Waals surface area contributed by atoms with Crippen molar-refractivity contribution in [2.45, 2.75) is 189 Å². The molecule has 3 aliphatic heterocycles. The summed E-state index contributed by atoms with van der Waals surface area (Å²) in [7, 11) is 0. The molecule has 0 radical (unpaired) electrons. The fraction of sp³-hybridized carbons (Fsp3) is 0.594. The molecule has 10 atom stereocenters. The maximum atomic E-state index is 14.8. The molecule has 0 aliphatic carbocycles. The second-order valence-corrected chi connectivity index (χ2v) is 26.0. The van der Waals surface area contributed by atoms with E-state index in [1.165, 1.54) is 40.2 Å². The molecule has 15 N–H and O–H groups in total. The van der Waals surface area contributed by atoms with Crippen LogP contribution in [-0.4, -0.2) is 194 Å². The van der Waals surface area contributed by atoms with Crippen molar-refractivity contribution in [3.05, 3.63) is 71.3 Å². The molecule has 2 saturated heterocycles. The van der Waals surface area contributed by atoms with E-state index in [-0.39, 0.29) is 106 Å². The van der Waals surface area contributed by atoms with Gasteiger partial charge in [0.15, 0.2) is 11.7 Å². The van der Waals surface area contributed by atoms with Crippen molar-refractivity contribution in [1.29, 1.82) is 0 Å². The van der Waals surface area contributed by atoms with Crippen molar-refractivity contribution < 1.29 is 77.6 Å². The highest BCUT2D eigenvalue weighted by Crippen LogP contribution is 2.29. The van der Waals surface area contributed by atoms with E-state index < -0.39 is 151 Å². The van der Waals surface area contributed by atoms with Gasteiger partial charge in [-0.05, 0) is 81.4 Å². The van der Waals surface area contributed by atoms with E-state index >= 15 is 0 Å². The fourth-order valence-corrected chi connectivity index (χ4v) is 13.4. The van der Waals surface area contributed by atoms with Crippen LogP contribution in [0.3, 0.4) is 0 Å². The van der Waals surface area contributed by atoms with Gasteiger partial charge in [-0.15, -0.1) is 0 Å². The molecule has 0 spiro atoms. The molecule has 0 unspecified atom stereocenters. The Hall–Kier alpha value is -8.12. The Morgan fingerprint density at radius 3 is 2.01 bits per heavy atom. The number of amides is 9. The van der Waals surface area contributed by atoms with Gasteiger partial charge in [0.2, 0.25) is 53.2 Å². The fourth-order valence-electron chi connectivity index (χ4n) is 11.4. The maximum Gasteiger partial charge on any atom is 0.305 e. The Labute approximate surface area is 555 Å². The van der Waals surface area contributed by atoms with E-state index in [1.807, 2.05) is 25.1 Å². The summed E-state index contributed by atoms with van der Waals surface area (Å²) in [6, 6.07) is 6.13. The van der Waals surface area contributed by atoms with E-state index in [4.69, 9.17) is 17.2 Å². The van der Waals surface area contributed by atoms with E-state index in [1.54, 1.807) is 36.4 Å². The number of carboxylic acid groups (broad SMARTS) is 2. The van der Waals surface area contributed by atoms with Crippen molar-refractivity contribution in [2.75, 3.05) is 37.7 Å². The van der Waals surface area contributed by atoms with Crippen LogP contribution in [0.5, 0.6) is 0 Å². The number of aliphatic carboxylic acids is 2. The molecule has 94 heavy (non-hydrogen) atoms. The molecule has 3 heterocycles. The highest BCUT2D eigenvalue weighted by atomic mass is 32.2. The molecule has 28 nitrogen and oxygen atoms in total. The number of thioether (sulfide) groups is 2. The van der Waals surface area contributed by atoms with Gasteiger partial charge in [0.1, 0.15) is 42.0 Å². The number of hydrogen-bond acceptors (Lipinski definition) is 17. The number of carboxylic acids is 2. The lowest BCUT2D eigenvalue weighted by Crippen LogP contribution is -2.59. The summed E-state index contributed by atoms with van der Waals surface area (Å²) >= 11 is 2.55. The lowest BCUT2D eigenvalue weighted by Gasteiger charge is -2.33. The summed E-state index contributed by atoms with van der Waals surface area (Å²) < 4.78 is 0. The molecule has 2 fully saturated rings. The van der Waals surface area contributed by atoms with Crippen LogP contribution in [0.4, 0.5) is 0 Å². The Bertz CT molecular complexity index is 3010. The molecule has 2 bridgehead atoms. The number of aliphatic imine (C=N–C) groups is 1. The summed E-state index contributed by atoms with van der Waals surface area (Å²) in [6.07, 6.45) is -0.294. The highest BCUT2D eigenvalue weighted by molar-refractivity contribution is 7.98. The quantitative estimate of drug-likeness (QED) is 0.0333. The summed E-state index contributed by atoms with van der Waals surface area (Å²) in [6.45, 7) is 3.69. The Morgan fingerprint density at radius 2 is 1.37 bits per heavy atom. The van der Waals surface area contributed by atoms with Crippen LogP contribution in [0, 0.1) is 11.8 Å². The summed E-state index contributed by atoms with van der Waals surface area (Å²) in [5, 5.41) is 46.5. The standard InChI is InChI=1S/C64H92N12O16S2/c1-3-4-6-22-53(80)70-49-37-94-35-41-17-9-16-40(29-41)34-93-36-48(61(90)73-47(33-55(83)84)58(87)68-25-11-19-43(78)31-42(56(65)85)18-10-26-69-64(66)67)74-60(89)46(30-39-14-7-5-8-15-39)72-59(88)45(23-24-54(81)82)71-57(86)44(38(2)77)32-52(79)50-20-12-27-75(50)63(92)51-21-13-28-76(51)62(49)91/h5,7-9,14-17,29,38,42,44-51,77H,3-4,6,10-13,18-28,30-37H2,1-2H3,(H2,65,85)(H,68,87)(H,70,80)(H,71,86)(H,72,88)(H,73,90)(H,74,89)(H,81,82)(H,83,84)(H4,66,67,69)/t38-,42-,44+,45+,46+,47+,48+,49+,50+,51+/m1/s1. The SMILES string of the molecule is CCCCCC(=O)N[C@H]1CSCc2cccc(c2)CSC[C@@H](C(=O)N[C@@H](CC(=O)O)C(=O)NCCCC(=O)C[C@@H](CCCN=C(N)N)C(N)=O)NC(=O)[C@H](Cc2ccccc2)NC(=O)[C@H](CCC(=O)O)NC(=O)[C@H]([C@@H](C)O)CC(=O)[C@@H]2CCCN2C(=O)[C@@H]2CCCN2C1=O. The van der Waals surface area contributed by atoms with E-state index in [0.717, 1.165) is 24.0 Å². The molecular weight excluding hydrogens is 1260 g/mol. The summed E-state index contributed by atoms with van der Waals surface area (Å²) in [5.41, 5.74) is 18.3. The number of rotatable bonds is 27. The number of carbonyl (C=O) groups is 13. The first kappa shape index (κ1) is 76.6. The number of nitrogens with zero attached hydrogens (tertiary/aromatic N) is 3. The Kier molecular flexibility index (Phi) is 32.2. The number of benzene rings is 2. The third-order valence-corrected chi connectivity index (χ3v) is 18.7. The Balaban J connectivity index is 1.48. The zero-order valence-corrected chi connectivity index (χ0v) is 55.0. The van der Waals surface area contributed by atoms with Crippen LogP contribution in [0.25, 0.3) is 0 Å². The third kappa shape index (κ3) is 25.6. The van der Waals surface area contributed by atoms with Gasteiger partial charge in [-0.3, -0.25) is 67.3 Å². The van der Waals surface area contributed by atoms with Gasteiger partial charge >= 0.3 is 11.9 Å². The summed E-state index contributed by atoms with van der Waals surface area (Å²) in [4.78, 5) is 185. The van der Waals surface area contributed by atoms with Gasteiger partial charge in [0.25, 0.3) is 0 Å². The van der Waals surface area contributed by atoms with Gasteiger partial charge in [-0.2, -0.15) is 23.5 Å². The topological polar surface area (TPSA) is 452 Å². The zero-order valence-electron chi connectivity index (χ0n) is 53.4. The number of aliphatic hydroxyl groups is 1. The van der Waals surface area contributed by atoms with Crippen molar-refractivity contribution in [2.24, 2.45) is 34.0 Å². The number of unbranched alkanes of at least 4 members (excludes halogenated alkanes) is 2. The predicted octanol–water partition coefficient (Wildman–Crippen LogP) is 0.702. The molecule has 3 aliphatic rings. The number of primary amides is 1. The molecule has 30 heteroatoms. The van der Waals surface area contributed by atoms with Crippen LogP contribution in [0.2, 0.25) is 0 Å². The Morgan fingerprint density at radius 1 is 0.723 bits per heavy atom. The summed E-state index contributed by atoms with van der Waals surface area (Å²) in [5.74, 6) is -12.7. The zero-order chi connectivity index (χ0) is 68.9. The van der Waals surface area contributed by atoms with E-state index in [0.29, 0.717) is 43.4 Å². The second-order valence-electron chi connectivity index (χ2n) is 24.0. The monoisotopic (exact) mass is 1350 g/mol. The molecule has 2 aromatic carbocycles. The average molecular weight is 1350 g/mol. The minimum atomic E-state index is -1.73. The lowest BCUT2D eigenvalue weighted by atomic mass is 9.92. The van der Waals surface area contributed by atoms with Crippen LogP contribution in [0.15, 0.2) is 59.6 Å². The van der Waals surface area contributed by atoms with Gasteiger partial charge in [0.05, 0.1) is 24.5 Å². The minimum absolute atomic E-state index is 0.0579. The number of hydrogen-bond donors (Lipinski definition) is 12. The van der Waals surface area contributed by atoms with Gasteiger partial charge in [-0.25, -0.2) is 0 Å². The molecule has 9 amide bonds. The number of Topliss-reactive ketones (excluding diaryl/α,β-unsaturated/α-hetero) is 2. The number of nitrogens with two attached hydrogens (primary N) is 3. The number of guanidine groups is 1. The lowest BCUT2D eigenvalue weighted by molar-refractivity contribution is -0.148. The van der Waals surface area contributed by atoms with Crippen molar-refractivity contribution in [1.82, 2.24) is 41.7 Å². The van der Waals surface area contributed by atoms with Crippen LogP contribution in [-0.2, 0) is 80.3 Å². The largest absolute Gasteiger partial charge is 0.481 e. The predicted molar refractivity (Wildman–Crippen MR) is 351 cm³/mol. The first-order valence-corrected chi connectivity index (χ1v) is 34.3. The maximum absolute atomic E-state index is 14.8. The first-order chi connectivity index (χ1) is 44.8. The number of aliphatic hydroxyl groups excluding tert-OH is 1. The molecule has 0 aromatic heterocycles. The van der Waals surface area contributed by atoms with Crippen LogP contribution < -0.4 is 49.1 Å². The van der Waals surface area contributed by atoms with Crippen molar-refractivity contribution in [3.63, 3.8) is 0 Å². The number of fused-ring (bicyclic) bond motifs is 4. The average Bonchev–Trinajstić information content (AvgIpc) is 1.62.